The van der Waals surface area contributed by atoms with Gasteiger partial charge in [-0.25, -0.2) is 4.79 Å². The lowest BCUT2D eigenvalue weighted by Gasteiger charge is -2.30. The van der Waals surface area contributed by atoms with E-state index in [1.165, 1.54) is 7.11 Å². The number of carbonyl (C=O) groups excluding carboxylic acids is 1. The molecule has 3 heterocycles. The lowest BCUT2D eigenvalue weighted by atomic mass is 10.0. The Morgan fingerprint density at radius 2 is 2.00 bits per heavy atom. The van der Waals surface area contributed by atoms with Crippen molar-refractivity contribution in [1.82, 2.24) is 20.1 Å². The van der Waals surface area contributed by atoms with Crippen LogP contribution in [-0.2, 0) is 0 Å². The Balaban J connectivity index is 1.76. The Labute approximate surface area is 141 Å². The van der Waals surface area contributed by atoms with E-state index in [2.05, 4.69) is 20.5 Å². The summed E-state index contributed by atoms with van der Waals surface area (Å²) < 4.78 is 4.98. The molecule has 1 aliphatic heterocycles. The molecule has 126 valence electrons. The molecule has 0 aliphatic carbocycles. The molecule has 2 aromatic rings. The monoisotopic (exact) mass is 327 g/mol. The molecule has 0 saturated carbocycles. The molecule has 24 heavy (non-hydrogen) atoms. The summed E-state index contributed by atoms with van der Waals surface area (Å²) in [6, 6.07) is 7.21. The van der Waals surface area contributed by atoms with E-state index in [1.807, 2.05) is 17.0 Å². The maximum atomic E-state index is 12.8. The summed E-state index contributed by atoms with van der Waals surface area (Å²) >= 11 is 0. The average Bonchev–Trinajstić information content (AvgIpc) is 2.89. The van der Waals surface area contributed by atoms with Crippen molar-refractivity contribution in [1.29, 1.82) is 0 Å². The summed E-state index contributed by atoms with van der Waals surface area (Å²) in [5.41, 5.74) is 1.11. The zero-order chi connectivity index (χ0) is 16.8. The fraction of sp³-hybridized carbons (Fsp3) is 0.412. The quantitative estimate of drug-likeness (QED) is 0.937. The number of aromatic nitrogens is 3. The van der Waals surface area contributed by atoms with E-state index in [9.17, 15) is 4.79 Å². The van der Waals surface area contributed by atoms with Gasteiger partial charge in [0.2, 0.25) is 5.88 Å². The van der Waals surface area contributed by atoms with Crippen molar-refractivity contribution in [2.45, 2.75) is 31.7 Å². The van der Waals surface area contributed by atoms with Crippen molar-refractivity contribution in [2.24, 2.45) is 0 Å². The molecule has 0 radical (unpaired) electrons. The number of methoxy groups -OCH3 is 1. The Morgan fingerprint density at radius 3 is 2.71 bits per heavy atom. The number of ether oxygens (including phenoxy) is 1. The first-order valence-electron chi connectivity index (χ1n) is 8.13. The second-order valence-electron chi connectivity index (χ2n) is 5.73. The third-order valence-corrected chi connectivity index (χ3v) is 4.19. The summed E-state index contributed by atoms with van der Waals surface area (Å²) in [6.07, 6.45) is 7.73. The van der Waals surface area contributed by atoms with E-state index < -0.39 is 0 Å². The summed E-state index contributed by atoms with van der Waals surface area (Å²) in [7, 11) is 1.53. The van der Waals surface area contributed by atoms with Crippen molar-refractivity contribution >= 4 is 11.8 Å². The predicted molar refractivity (Wildman–Crippen MR) is 89.8 cm³/mol. The van der Waals surface area contributed by atoms with Gasteiger partial charge in [-0.05, 0) is 36.6 Å². The Kier molecular flexibility index (Phi) is 5.20. The molecule has 1 unspecified atom stereocenters. The first-order valence-corrected chi connectivity index (χ1v) is 8.13. The van der Waals surface area contributed by atoms with Gasteiger partial charge in [0, 0.05) is 25.0 Å². The number of hydrogen-bond donors (Lipinski definition) is 1. The van der Waals surface area contributed by atoms with E-state index >= 15 is 0 Å². The van der Waals surface area contributed by atoms with Gasteiger partial charge in [-0.15, -0.1) is 10.2 Å². The van der Waals surface area contributed by atoms with Crippen LogP contribution in [-0.4, -0.2) is 39.8 Å². The van der Waals surface area contributed by atoms with Crippen LogP contribution in [0.2, 0.25) is 0 Å². The van der Waals surface area contributed by atoms with Gasteiger partial charge in [0.25, 0.3) is 0 Å². The summed E-state index contributed by atoms with van der Waals surface area (Å²) in [5.74, 6) is 0.830. The van der Waals surface area contributed by atoms with Gasteiger partial charge in [-0.3, -0.25) is 10.3 Å². The fourth-order valence-electron chi connectivity index (χ4n) is 2.96. The third-order valence-electron chi connectivity index (χ3n) is 4.19. The molecule has 1 N–H and O–H groups in total. The molecule has 7 heteroatoms. The van der Waals surface area contributed by atoms with Crippen molar-refractivity contribution in [3.05, 3.63) is 42.2 Å². The molecule has 1 fully saturated rings. The topological polar surface area (TPSA) is 80.2 Å². The summed E-state index contributed by atoms with van der Waals surface area (Å²) in [4.78, 5) is 18.7. The number of amides is 2. The van der Waals surface area contributed by atoms with Crippen molar-refractivity contribution in [2.75, 3.05) is 19.0 Å². The molecule has 1 saturated heterocycles. The summed E-state index contributed by atoms with van der Waals surface area (Å²) in [6.45, 7) is 0.725. The van der Waals surface area contributed by atoms with Crippen LogP contribution >= 0.6 is 0 Å². The first-order chi connectivity index (χ1) is 11.8. The van der Waals surface area contributed by atoms with Crippen LogP contribution in [0.5, 0.6) is 5.88 Å². The van der Waals surface area contributed by atoms with Crippen LogP contribution in [0, 0.1) is 0 Å². The smallest absolute Gasteiger partial charge is 0.323 e. The van der Waals surface area contributed by atoms with Crippen LogP contribution in [0.15, 0.2) is 36.7 Å². The van der Waals surface area contributed by atoms with Gasteiger partial charge in [0.05, 0.1) is 13.2 Å². The van der Waals surface area contributed by atoms with Gasteiger partial charge in [0.1, 0.15) is 0 Å². The van der Waals surface area contributed by atoms with Crippen LogP contribution in [0.3, 0.4) is 0 Å². The van der Waals surface area contributed by atoms with Crippen molar-refractivity contribution in [3.63, 3.8) is 0 Å². The highest BCUT2D eigenvalue weighted by atomic mass is 16.5. The summed E-state index contributed by atoms with van der Waals surface area (Å²) in [5, 5.41) is 10.7. The highest BCUT2D eigenvalue weighted by Crippen LogP contribution is 2.30. The Hall–Kier alpha value is -2.70. The predicted octanol–water partition coefficient (Wildman–Crippen LogP) is 3.03. The maximum Gasteiger partial charge on any atom is 0.323 e. The molecule has 3 rings (SSSR count). The van der Waals surface area contributed by atoms with Crippen LogP contribution < -0.4 is 10.1 Å². The molecule has 0 bridgehead atoms. The minimum atomic E-state index is -0.154. The first kappa shape index (κ1) is 16.2. The Bertz CT molecular complexity index is 662. The van der Waals surface area contributed by atoms with E-state index in [4.69, 9.17) is 4.74 Å². The lowest BCUT2D eigenvalue weighted by molar-refractivity contribution is 0.189. The molecular weight excluding hydrogens is 306 g/mol. The molecule has 0 aromatic carbocycles. The van der Waals surface area contributed by atoms with Gasteiger partial charge < -0.3 is 9.64 Å². The number of hydrogen-bond acceptors (Lipinski definition) is 5. The zero-order valence-corrected chi connectivity index (χ0v) is 13.7. The largest absolute Gasteiger partial charge is 0.480 e. The van der Waals surface area contributed by atoms with Crippen LogP contribution in [0.25, 0.3) is 0 Å². The second kappa shape index (κ2) is 7.72. The van der Waals surface area contributed by atoms with Crippen LogP contribution in [0.4, 0.5) is 10.6 Å². The fourth-order valence-corrected chi connectivity index (χ4v) is 2.96. The number of anilines is 1. The minimum absolute atomic E-state index is 0.0571. The van der Waals surface area contributed by atoms with Gasteiger partial charge >= 0.3 is 6.03 Å². The molecular formula is C17H21N5O2. The molecule has 7 nitrogen and oxygen atoms in total. The normalized spacial score (nSPS) is 17.9. The molecule has 0 spiro atoms. The third kappa shape index (κ3) is 3.79. The zero-order valence-electron chi connectivity index (χ0n) is 13.7. The van der Waals surface area contributed by atoms with E-state index in [0.717, 1.165) is 37.8 Å². The maximum absolute atomic E-state index is 12.8. The number of carbonyl (C=O) groups is 1. The van der Waals surface area contributed by atoms with Gasteiger partial charge in [-0.1, -0.05) is 12.8 Å². The molecule has 2 aromatic heterocycles. The number of likely N-dealkylation sites (tertiary alicyclic amines) is 1. The lowest BCUT2D eigenvalue weighted by Crippen LogP contribution is -2.38. The highest BCUT2D eigenvalue weighted by molar-refractivity contribution is 5.88. The molecule has 2 amide bonds. The average molecular weight is 327 g/mol. The highest BCUT2D eigenvalue weighted by Gasteiger charge is 2.27. The van der Waals surface area contributed by atoms with E-state index in [-0.39, 0.29) is 12.1 Å². The van der Waals surface area contributed by atoms with E-state index in [0.29, 0.717) is 11.7 Å². The van der Waals surface area contributed by atoms with Gasteiger partial charge in [-0.2, -0.15) is 0 Å². The van der Waals surface area contributed by atoms with Crippen molar-refractivity contribution in [3.8, 4) is 5.88 Å². The Morgan fingerprint density at radius 1 is 1.17 bits per heavy atom. The number of nitrogens with zero attached hydrogens (tertiary/aromatic N) is 4. The van der Waals surface area contributed by atoms with Gasteiger partial charge in [0.15, 0.2) is 5.82 Å². The number of rotatable bonds is 3. The molecule has 1 aliphatic rings. The molecule has 1 atom stereocenters. The second-order valence-corrected chi connectivity index (χ2v) is 5.73. The van der Waals surface area contributed by atoms with Crippen LogP contribution in [0.1, 0.15) is 37.3 Å². The number of urea groups is 1. The minimum Gasteiger partial charge on any atom is -0.480 e. The number of pyridine rings is 1. The van der Waals surface area contributed by atoms with E-state index in [1.54, 1.807) is 24.5 Å². The number of nitrogens with one attached hydrogen (secondary N) is 1. The SMILES string of the molecule is COc1ccc(NC(=O)N2CCCCCC2c2ccncc2)nn1. The van der Waals surface area contributed by atoms with Crippen molar-refractivity contribution < 1.29 is 9.53 Å². The standard InChI is InChI=1S/C17H21N5O2/c1-24-16-7-6-15(20-21-16)19-17(23)22-12-4-2-3-5-14(22)13-8-10-18-11-9-13/h6-11,14H,2-5,12H2,1H3,(H,19,20,23).